The van der Waals surface area contributed by atoms with Crippen molar-refractivity contribution in [3.63, 3.8) is 0 Å². The quantitative estimate of drug-likeness (QED) is 0.713. The number of thiophene rings is 1. The van der Waals surface area contributed by atoms with Crippen LogP contribution in [-0.4, -0.2) is 24.7 Å². The molecule has 3 heterocycles. The van der Waals surface area contributed by atoms with Gasteiger partial charge in [0.25, 0.3) is 0 Å². The summed E-state index contributed by atoms with van der Waals surface area (Å²) in [5.41, 5.74) is 1.09. The van der Waals surface area contributed by atoms with Crippen LogP contribution >= 0.6 is 22.9 Å². The van der Waals surface area contributed by atoms with Crippen molar-refractivity contribution in [2.75, 3.05) is 0 Å². The van der Waals surface area contributed by atoms with Crippen molar-refractivity contribution < 1.29 is 0 Å². The van der Waals surface area contributed by atoms with Crippen LogP contribution in [0.15, 0.2) is 18.3 Å². The second kappa shape index (κ2) is 6.69. The van der Waals surface area contributed by atoms with E-state index in [1.165, 1.54) is 30.6 Å². The van der Waals surface area contributed by atoms with Gasteiger partial charge in [0.05, 0.1) is 9.21 Å². The van der Waals surface area contributed by atoms with Gasteiger partial charge in [0.1, 0.15) is 11.6 Å². The highest BCUT2D eigenvalue weighted by molar-refractivity contribution is 7.19. The van der Waals surface area contributed by atoms with Crippen LogP contribution in [-0.2, 0) is 19.4 Å². The summed E-state index contributed by atoms with van der Waals surface area (Å²) in [6, 6.07) is 3.90. The summed E-state index contributed by atoms with van der Waals surface area (Å²) < 4.78 is 2.87. The summed E-state index contributed by atoms with van der Waals surface area (Å²) >= 11 is 7.59. The van der Waals surface area contributed by atoms with Crippen molar-refractivity contribution in [3.05, 3.63) is 40.0 Å². The van der Waals surface area contributed by atoms with Crippen LogP contribution < -0.4 is 0 Å². The van der Waals surface area contributed by atoms with E-state index in [2.05, 4.69) is 14.6 Å². The first-order valence-electron chi connectivity index (χ1n) is 8.37. The molecular weight excluding hydrogens is 342 g/mol. The summed E-state index contributed by atoms with van der Waals surface area (Å²) in [5.74, 6) is 3.58. The Bertz CT molecular complexity index is 830. The number of nitrogens with one attached hydrogen (secondary N) is 1. The number of aryl methyl sites for hydroxylation is 3. The third-order valence-corrected chi connectivity index (χ3v) is 5.77. The van der Waals surface area contributed by atoms with Gasteiger partial charge in [-0.3, -0.25) is 0 Å². The highest BCUT2D eigenvalue weighted by Gasteiger charge is 2.21. The molecule has 0 unspecified atom stereocenters. The normalized spacial score (nSPS) is 14.9. The first-order valence-corrected chi connectivity index (χ1v) is 9.57. The summed E-state index contributed by atoms with van der Waals surface area (Å²) in [7, 11) is 0. The number of rotatable bonds is 6. The minimum Gasteiger partial charge on any atom is -0.346 e. The molecule has 0 bridgehead atoms. The molecule has 0 aromatic carbocycles. The molecule has 4 rings (SSSR count). The van der Waals surface area contributed by atoms with Gasteiger partial charge in [0, 0.05) is 31.3 Å². The second-order valence-electron chi connectivity index (χ2n) is 6.45. The Kier molecular flexibility index (Phi) is 4.41. The van der Waals surface area contributed by atoms with Gasteiger partial charge in [0.15, 0.2) is 5.82 Å². The Morgan fingerprint density at radius 1 is 1.33 bits per heavy atom. The number of nitrogens with zero attached hydrogens (tertiary/aromatic N) is 4. The number of aromatic nitrogens is 5. The largest absolute Gasteiger partial charge is 0.346 e. The van der Waals surface area contributed by atoms with Crippen LogP contribution in [0.4, 0.5) is 0 Å². The van der Waals surface area contributed by atoms with Gasteiger partial charge in [0.2, 0.25) is 0 Å². The Labute approximate surface area is 150 Å². The molecular formula is C17H20ClN5S. The Balaban J connectivity index is 1.56. The van der Waals surface area contributed by atoms with Gasteiger partial charge in [-0.25, -0.2) is 14.6 Å². The molecule has 1 aliphatic rings. The molecule has 126 valence electrons. The fourth-order valence-corrected chi connectivity index (χ4v) is 3.96. The third-order valence-electron chi connectivity index (χ3n) is 4.54. The number of hydrogen-bond acceptors (Lipinski definition) is 4. The fourth-order valence-electron chi connectivity index (χ4n) is 2.99. The minimum absolute atomic E-state index is 0.746. The average molecular weight is 362 g/mol. The molecule has 3 aromatic rings. The maximum atomic E-state index is 6.06. The van der Waals surface area contributed by atoms with Crippen LogP contribution in [0.25, 0.3) is 10.7 Å². The lowest BCUT2D eigenvalue weighted by Gasteiger charge is -2.25. The Hall–Kier alpha value is -1.66. The van der Waals surface area contributed by atoms with E-state index in [0.717, 1.165) is 57.7 Å². The van der Waals surface area contributed by atoms with Crippen molar-refractivity contribution in [1.82, 2.24) is 24.7 Å². The molecule has 7 heteroatoms. The van der Waals surface area contributed by atoms with Crippen molar-refractivity contribution in [1.29, 1.82) is 0 Å². The molecule has 1 aliphatic carbocycles. The van der Waals surface area contributed by atoms with Gasteiger partial charge >= 0.3 is 0 Å². The highest BCUT2D eigenvalue weighted by Crippen LogP contribution is 2.31. The number of hydrogen-bond donors (Lipinski definition) is 1. The molecule has 0 aliphatic heterocycles. The van der Waals surface area contributed by atoms with Crippen LogP contribution in [0.5, 0.6) is 0 Å². The number of imidazole rings is 1. The maximum Gasteiger partial charge on any atom is 0.191 e. The van der Waals surface area contributed by atoms with Gasteiger partial charge in [-0.2, -0.15) is 0 Å². The monoisotopic (exact) mass is 361 g/mol. The summed E-state index contributed by atoms with van der Waals surface area (Å²) in [4.78, 5) is 13.5. The minimum atomic E-state index is 0.746. The third kappa shape index (κ3) is 3.39. The number of aromatic amines is 1. The van der Waals surface area contributed by atoms with Crippen molar-refractivity contribution in [2.24, 2.45) is 5.92 Å². The van der Waals surface area contributed by atoms with Crippen LogP contribution in [0.2, 0.25) is 4.34 Å². The zero-order valence-electron chi connectivity index (χ0n) is 13.6. The summed E-state index contributed by atoms with van der Waals surface area (Å²) in [5, 5.41) is 4.76. The summed E-state index contributed by atoms with van der Waals surface area (Å²) in [6.45, 7) is 2.99. The summed E-state index contributed by atoms with van der Waals surface area (Å²) in [6.07, 6.45) is 7.50. The van der Waals surface area contributed by atoms with E-state index < -0.39 is 0 Å². The topological polar surface area (TPSA) is 59.4 Å². The first kappa shape index (κ1) is 15.8. The second-order valence-corrected chi connectivity index (χ2v) is 8.16. The van der Waals surface area contributed by atoms with E-state index >= 15 is 0 Å². The fraction of sp³-hybridized carbons (Fsp3) is 0.471. The Morgan fingerprint density at radius 3 is 2.83 bits per heavy atom. The molecule has 5 nitrogen and oxygen atoms in total. The van der Waals surface area contributed by atoms with Gasteiger partial charge in [-0.15, -0.1) is 16.4 Å². The zero-order valence-corrected chi connectivity index (χ0v) is 15.2. The molecule has 3 aromatic heterocycles. The SMILES string of the molecule is Cc1cnc(CCc2nc(-c3ccc(Cl)s3)nn2CC2CCC2)[nH]1. The number of H-pyrrole nitrogens is 1. The number of halogens is 1. The molecule has 0 radical (unpaired) electrons. The molecule has 24 heavy (non-hydrogen) atoms. The molecule has 0 spiro atoms. The van der Waals surface area contributed by atoms with Crippen LogP contribution in [0.1, 0.15) is 36.6 Å². The van der Waals surface area contributed by atoms with Gasteiger partial charge < -0.3 is 4.98 Å². The van der Waals surface area contributed by atoms with E-state index in [1.54, 1.807) is 0 Å². The average Bonchev–Trinajstić information content (AvgIpc) is 3.21. The van der Waals surface area contributed by atoms with Crippen molar-refractivity contribution in [2.45, 2.75) is 45.6 Å². The smallest absolute Gasteiger partial charge is 0.191 e. The highest BCUT2D eigenvalue weighted by atomic mass is 35.5. The van der Waals surface area contributed by atoms with Crippen LogP contribution in [0.3, 0.4) is 0 Å². The predicted molar refractivity (Wildman–Crippen MR) is 96.4 cm³/mol. The molecule has 0 saturated heterocycles. The molecule has 0 amide bonds. The van der Waals surface area contributed by atoms with E-state index in [1.807, 2.05) is 25.3 Å². The lowest BCUT2D eigenvalue weighted by Crippen LogP contribution is -2.20. The van der Waals surface area contributed by atoms with Crippen molar-refractivity contribution >= 4 is 22.9 Å². The van der Waals surface area contributed by atoms with E-state index in [4.69, 9.17) is 21.7 Å². The molecule has 1 saturated carbocycles. The Morgan fingerprint density at radius 2 is 2.21 bits per heavy atom. The van der Waals surface area contributed by atoms with E-state index in [-0.39, 0.29) is 0 Å². The van der Waals surface area contributed by atoms with Crippen LogP contribution in [0, 0.1) is 12.8 Å². The maximum absolute atomic E-state index is 6.06. The molecule has 1 fully saturated rings. The standard InChI is InChI=1S/C17H20ClN5S/c1-11-9-19-15(20-11)7-8-16-21-17(13-5-6-14(18)24-13)22-23(16)10-12-3-2-4-12/h5-6,9,12H,2-4,7-8,10H2,1H3,(H,19,20). The lowest BCUT2D eigenvalue weighted by atomic mass is 9.85. The van der Waals surface area contributed by atoms with Gasteiger partial charge in [-0.05, 0) is 37.8 Å². The lowest BCUT2D eigenvalue weighted by molar-refractivity contribution is 0.263. The first-order chi connectivity index (χ1) is 11.7. The zero-order chi connectivity index (χ0) is 16.5. The van der Waals surface area contributed by atoms with E-state index in [0.29, 0.717) is 0 Å². The van der Waals surface area contributed by atoms with Crippen molar-refractivity contribution in [3.8, 4) is 10.7 Å². The predicted octanol–water partition coefficient (Wildman–Crippen LogP) is 4.28. The molecule has 1 N–H and O–H groups in total. The molecule has 0 atom stereocenters. The van der Waals surface area contributed by atoms with E-state index in [9.17, 15) is 0 Å². The van der Waals surface area contributed by atoms with Gasteiger partial charge in [-0.1, -0.05) is 18.0 Å².